The highest BCUT2D eigenvalue weighted by Crippen LogP contribution is 2.10. The Kier molecular flexibility index (Phi) is 5.12. The third-order valence-corrected chi connectivity index (χ3v) is 1.48. The summed E-state index contributed by atoms with van der Waals surface area (Å²) in [4.78, 5) is 11.5. The second-order valence-corrected chi connectivity index (χ2v) is 2.42. The molecule has 1 aromatic carbocycles. The highest BCUT2D eigenvalue weighted by atomic mass is 35.5. The first kappa shape index (κ1) is 12.3. The van der Waals surface area contributed by atoms with E-state index >= 15 is 0 Å². The van der Waals surface area contributed by atoms with Crippen molar-refractivity contribution in [1.82, 2.24) is 0 Å². The van der Waals surface area contributed by atoms with E-state index in [4.69, 9.17) is 10.4 Å². The third-order valence-electron chi connectivity index (χ3n) is 1.48. The minimum Gasteiger partial charge on any atom is -0.480 e. The molecule has 0 saturated carbocycles. The van der Waals surface area contributed by atoms with Crippen molar-refractivity contribution in [2.75, 3.05) is 11.4 Å². The number of carboxylic acid groups (broad SMARTS) is 1. The number of carbonyl (C=O) groups is 1. The molecule has 0 atom stereocenters. The molecule has 0 unspecified atom stereocenters. The van der Waals surface area contributed by atoms with E-state index in [1.54, 1.807) is 36.5 Å². The van der Waals surface area contributed by atoms with Gasteiger partial charge in [0.25, 0.3) is 0 Å². The fourth-order valence-electron chi connectivity index (χ4n) is 0.928. The van der Waals surface area contributed by atoms with Crippen LogP contribution in [0.2, 0.25) is 0 Å². The number of hydrogen-bond acceptors (Lipinski definition) is 3. The molecule has 5 heteroatoms. The number of nitriles is 1. The lowest BCUT2D eigenvalue weighted by Crippen LogP contribution is -2.24. The van der Waals surface area contributed by atoms with E-state index in [9.17, 15) is 4.79 Å². The number of aliphatic carboxylic acids is 1. The van der Waals surface area contributed by atoms with E-state index < -0.39 is 5.97 Å². The van der Waals surface area contributed by atoms with Crippen LogP contribution < -0.4 is 4.90 Å². The summed E-state index contributed by atoms with van der Waals surface area (Å²) in [5, 5.41) is 17.1. The summed E-state index contributed by atoms with van der Waals surface area (Å²) in [7, 11) is 0. The number of benzene rings is 1. The van der Waals surface area contributed by atoms with Crippen LogP contribution in [0.5, 0.6) is 0 Å². The number of para-hydroxylation sites is 1. The summed E-state index contributed by atoms with van der Waals surface area (Å²) < 4.78 is 0. The zero-order valence-corrected chi connectivity index (χ0v) is 8.07. The molecule has 0 aliphatic carbocycles. The zero-order valence-electron chi connectivity index (χ0n) is 7.25. The van der Waals surface area contributed by atoms with Gasteiger partial charge in [-0.3, -0.25) is 9.69 Å². The Morgan fingerprint density at radius 3 is 2.43 bits per heavy atom. The Hall–Kier alpha value is -1.73. The van der Waals surface area contributed by atoms with E-state index in [0.717, 1.165) is 4.90 Å². The first-order valence-corrected chi connectivity index (χ1v) is 3.68. The molecule has 0 amide bonds. The quantitative estimate of drug-likeness (QED) is 0.609. The molecule has 1 aromatic rings. The number of halogens is 1. The Bertz CT molecular complexity index is 334. The van der Waals surface area contributed by atoms with E-state index in [1.807, 2.05) is 0 Å². The van der Waals surface area contributed by atoms with Crippen molar-refractivity contribution in [3.63, 3.8) is 0 Å². The topological polar surface area (TPSA) is 64.3 Å². The Labute approximate surface area is 87.8 Å². The molecule has 1 N–H and O–H groups in total. The summed E-state index contributed by atoms with van der Waals surface area (Å²) >= 11 is 0. The Morgan fingerprint density at radius 2 is 2.00 bits per heavy atom. The van der Waals surface area contributed by atoms with Gasteiger partial charge in [0.05, 0.1) is 5.69 Å². The van der Waals surface area contributed by atoms with E-state index in [1.165, 1.54) is 0 Å². The van der Waals surface area contributed by atoms with Gasteiger partial charge in [-0.15, -0.1) is 12.4 Å². The molecule has 0 fully saturated rings. The predicted octanol–water partition coefficient (Wildman–Crippen LogP) is 1.48. The van der Waals surface area contributed by atoms with Gasteiger partial charge in [0.2, 0.25) is 0 Å². The molecule has 0 aromatic heterocycles. The Balaban J connectivity index is 0.00000169. The zero-order chi connectivity index (χ0) is 9.68. The van der Waals surface area contributed by atoms with Crippen molar-refractivity contribution in [2.45, 2.75) is 0 Å². The lowest BCUT2D eigenvalue weighted by atomic mass is 10.3. The SMILES string of the molecule is Cl.N#CN(CC(=O)O)c1ccccc1. The molecule has 0 aliphatic heterocycles. The number of nitrogens with zero attached hydrogens (tertiary/aromatic N) is 2. The summed E-state index contributed by atoms with van der Waals surface area (Å²) in [5.74, 6) is -1.02. The van der Waals surface area contributed by atoms with Gasteiger partial charge in [0.15, 0.2) is 6.19 Å². The molecule has 0 bridgehead atoms. The summed E-state index contributed by atoms with van der Waals surface area (Å²) in [6, 6.07) is 8.68. The number of anilines is 1. The molecule has 0 aliphatic rings. The standard InChI is InChI=1S/C9H8N2O2.ClH/c10-7-11(6-9(12)13)8-4-2-1-3-5-8;/h1-5H,6H2,(H,12,13);1H. The second kappa shape index (κ2) is 5.84. The van der Waals surface area contributed by atoms with Crippen LogP contribution in [-0.2, 0) is 4.79 Å². The molecule has 4 nitrogen and oxygen atoms in total. The first-order chi connectivity index (χ1) is 6.24. The van der Waals surface area contributed by atoms with Gasteiger partial charge >= 0.3 is 5.97 Å². The lowest BCUT2D eigenvalue weighted by molar-refractivity contribution is -0.135. The van der Waals surface area contributed by atoms with Crippen LogP contribution in [0.1, 0.15) is 0 Å². The monoisotopic (exact) mass is 212 g/mol. The summed E-state index contributed by atoms with van der Waals surface area (Å²) in [6.07, 6.45) is 1.80. The maximum Gasteiger partial charge on any atom is 0.324 e. The number of carboxylic acids is 1. The minimum absolute atomic E-state index is 0. The molecular weight excluding hydrogens is 204 g/mol. The maximum absolute atomic E-state index is 10.3. The van der Waals surface area contributed by atoms with Gasteiger partial charge < -0.3 is 5.11 Å². The molecule has 14 heavy (non-hydrogen) atoms. The summed E-state index contributed by atoms with van der Waals surface area (Å²) in [6.45, 7) is -0.305. The predicted molar refractivity (Wildman–Crippen MR) is 54.3 cm³/mol. The fourth-order valence-corrected chi connectivity index (χ4v) is 0.928. The molecule has 0 spiro atoms. The van der Waals surface area contributed by atoms with Crippen molar-refractivity contribution in [2.24, 2.45) is 0 Å². The fraction of sp³-hybridized carbons (Fsp3) is 0.111. The molecule has 0 radical (unpaired) electrons. The molecule has 74 valence electrons. The number of hydrogen-bond donors (Lipinski definition) is 1. The molecule has 0 heterocycles. The average Bonchev–Trinajstić information content (AvgIpc) is 2.15. The van der Waals surface area contributed by atoms with Gasteiger partial charge in [-0.25, -0.2) is 0 Å². The van der Waals surface area contributed by atoms with Gasteiger partial charge in [-0.05, 0) is 12.1 Å². The maximum atomic E-state index is 10.3. The third kappa shape index (κ3) is 3.33. The normalized spacial score (nSPS) is 8.21. The molecular formula is C9H9ClN2O2. The van der Waals surface area contributed by atoms with Crippen LogP contribution in [0.4, 0.5) is 5.69 Å². The largest absolute Gasteiger partial charge is 0.480 e. The van der Waals surface area contributed by atoms with Gasteiger partial charge in [-0.1, -0.05) is 18.2 Å². The summed E-state index contributed by atoms with van der Waals surface area (Å²) in [5.41, 5.74) is 0.590. The van der Waals surface area contributed by atoms with Gasteiger partial charge in [-0.2, -0.15) is 5.26 Å². The van der Waals surface area contributed by atoms with Crippen molar-refractivity contribution in [3.05, 3.63) is 30.3 Å². The van der Waals surface area contributed by atoms with Crippen LogP contribution in [-0.4, -0.2) is 17.6 Å². The first-order valence-electron chi connectivity index (χ1n) is 3.68. The van der Waals surface area contributed by atoms with Crippen LogP contribution in [0.3, 0.4) is 0 Å². The van der Waals surface area contributed by atoms with Crippen LogP contribution in [0.15, 0.2) is 30.3 Å². The van der Waals surface area contributed by atoms with Crippen LogP contribution in [0.25, 0.3) is 0 Å². The van der Waals surface area contributed by atoms with Crippen LogP contribution >= 0.6 is 12.4 Å². The van der Waals surface area contributed by atoms with Crippen molar-refractivity contribution in [3.8, 4) is 6.19 Å². The minimum atomic E-state index is -1.02. The highest BCUT2D eigenvalue weighted by Gasteiger charge is 2.08. The smallest absolute Gasteiger partial charge is 0.324 e. The number of rotatable bonds is 3. The Morgan fingerprint density at radius 1 is 1.43 bits per heavy atom. The van der Waals surface area contributed by atoms with E-state index in [-0.39, 0.29) is 19.0 Å². The van der Waals surface area contributed by atoms with Crippen LogP contribution in [0, 0.1) is 11.5 Å². The second-order valence-electron chi connectivity index (χ2n) is 2.42. The molecule has 0 saturated heterocycles. The molecule has 1 rings (SSSR count). The van der Waals surface area contributed by atoms with Gasteiger partial charge in [0, 0.05) is 0 Å². The average molecular weight is 213 g/mol. The highest BCUT2D eigenvalue weighted by molar-refractivity contribution is 5.85. The van der Waals surface area contributed by atoms with Crippen molar-refractivity contribution >= 4 is 24.1 Å². The van der Waals surface area contributed by atoms with E-state index in [2.05, 4.69) is 0 Å². The lowest BCUT2D eigenvalue weighted by Gasteiger charge is -2.11. The van der Waals surface area contributed by atoms with Gasteiger partial charge in [0.1, 0.15) is 6.54 Å². The van der Waals surface area contributed by atoms with Crippen molar-refractivity contribution in [1.29, 1.82) is 5.26 Å². The van der Waals surface area contributed by atoms with E-state index in [0.29, 0.717) is 5.69 Å². The van der Waals surface area contributed by atoms with Crippen molar-refractivity contribution < 1.29 is 9.90 Å².